The van der Waals surface area contributed by atoms with E-state index < -0.39 is 0 Å². The Morgan fingerprint density at radius 1 is 1.09 bits per heavy atom. The molecule has 0 aliphatic carbocycles. The van der Waals surface area contributed by atoms with Gasteiger partial charge in [0.15, 0.2) is 0 Å². The summed E-state index contributed by atoms with van der Waals surface area (Å²) in [5.41, 5.74) is 9.87. The van der Waals surface area contributed by atoms with E-state index in [2.05, 4.69) is 44.2 Å². The van der Waals surface area contributed by atoms with Gasteiger partial charge in [-0.25, -0.2) is 0 Å². The van der Waals surface area contributed by atoms with E-state index in [4.69, 9.17) is 10.5 Å². The van der Waals surface area contributed by atoms with Crippen LogP contribution < -0.4 is 10.5 Å². The molecule has 2 aromatic rings. The molecule has 0 heterocycles. The molecule has 2 nitrogen and oxygen atoms in total. The normalized spacial score (nSPS) is 12.1. The van der Waals surface area contributed by atoms with Gasteiger partial charge in [0.25, 0.3) is 0 Å². The van der Waals surface area contributed by atoms with Gasteiger partial charge < -0.3 is 10.5 Å². The third-order valence-corrected chi connectivity index (χ3v) is 4.11. The van der Waals surface area contributed by atoms with Gasteiger partial charge in [-0.2, -0.15) is 0 Å². The zero-order valence-corrected chi connectivity index (χ0v) is 13.7. The van der Waals surface area contributed by atoms with E-state index in [0.717, 1.165) is 31.4 Å². The lowest BCUT2D eigenvalue weighted by Gasteiger charge is -2.12. The van der Waals surface area contributed by atoms with E-state index in [-0.39, 0.29) is 0 Å². The first-order chi connectivity index (χ1) is 10.7. The summed E-state index contributed by atoms with van der Waals surface area (Å²) in [6.45, 7) is 4.92. The number of ether oxygens (including phenoxy) is 1. The molecule has 0 aliphatic heterocycles. The van der Waals surface area contributed by atoms with Gasteiger partial charge in [0.2, 0.25) is 0 Å². The third-order valence-electron chi connectivity index (χ3n) is 4.11. The Balaban J connectivity index is 1.86. The van der Waals surface area contributed by atoms with Crippen molar-refractivity contribution in [3.8, 4) is 5.75 Å². The summed E-state index contributed by atoms with van der Waals surface area (Å²) >= 11 is 0. The second-order valence-electron chi connectivity index (χ2n) is 5.92. The molecular weight excluding hydrogens is 270 g/mol. The smallest absolute Gasteiger partial charge is 0.120 e. The van der Waals surface area contributed by atoms with Crippen LogP contribution in [0.5, 0.6) is 5.75 Å². The van der Waals surface area contributed by atoms with Gasteiger partial charge in [0, 0.05) is 6.04 Å². The summed E-state index contributed by atoms with van der Waals surface area (Å²) in [5.74, 6) is 0.940. The lowest BCUT2D eigenvalue weighted by atomic mass is 10.00. The number of hydrogen-bond donors (Lipinski definition) is 1. The van der Waals surface area contributed by atoms with Crippen molar-refractivity contribution in [1.82, 2.24) is 0 Å². The molecule has 118 valence electrons. The fraction of sp³-hybridized carbons (Fsp3) is 0.400. The molecule has 0 saturated heterocycles. The number of hydrogen-bond acceptors (Lipinski definition) is 2. The first-order valence-electron chi connectivity index (χ1n) is 8.21. The Morgan fingerprint density at radius 2 is 1.86 bits per heavy atom. The predicted octanol–water partition coefficient (Wildman–Crippen LogP) is 4.63. The summed E-state index contributed by atoms with van der Waals surface area (Å²) in [6, 6.07) is 17.0. The number of benzene rings is 2. The standard InChI is InChI=1S/C20H27NO/c1-3-19(21)11-7-10-18-12-13-20(14-16(18)2)22-15-17-8-5-4-6-9-17/h4-6,8-9,12-14,19H,3,7,10-11,15,21H2,1-2H3. The van der Waals surface area contributed by atoms with E-state index >= 15 is 0 Å². The van der Waals surface area contributed by atoms with Crippen molar-refractivity contribution in [2.75, 3.05) is 0 Å². The van der Waals surface area contributed by atoms with Crippen molar-refractivity contribution in [3.63, 3.8) is 0 Å². The van der Waals surface area contributed by atoms with Crippen molar-refractivity contribution < 1.29 is 4.74 Å². The second-order valence-corrected chi connectivity index (χ2v) is 5.92. The number of aryl methyl sites for hydroxylation is 2. The molecule has 2 rings (SSSR count). The molecule has 0 bridgehead atoms. The van der Waals surface area contributed by atoms with Crippen LogP contribution in [-0.4, -0.2) is 6.04 Å². The van der Waals surface area contributed by atoms with Gasteiger partial charge in [0.1, 0.15) is 12.4 Å². The number of rotatable bonds is 8. The molecular formula is C20H27NO. The molecule has 0 amide bonds. The molecule has 2 heteroatoms. The monoisotopic (exact) mass is 297 g/mol. The Hall–Kier alpha value is -1.80. The Kier molecular flexibility index (Phi) is 6.47. The predicted molar refractivity (Wildman–Crippen MR) is 93.2 cm³/mol. The van der Waals surface area contributed by atoms with E-state index in [0.29, 0.717) is 12.6 Å². The van der Waals surface area contributed by atoms with Crippen molar-refractivity contribution in [3.05, 3.63) is 65.2 Å². The molecule has 1 atom stereocenters. The number of nitrogens with two attached hydrogens (primary N) is 1. The molecule has 0 fully saturated rings. The van der Waals surface area contributed by atoms with Crippen LogP contribution in [-0.2, 0) is 13.0 Å². The van der Waals surface area contributed by atoms with Crippen LogP contribution in [0.1, 0.15) is 42.9 Å². The van der Waals surface area contributed by atoms with Crippen LogP contribution >= 0.6 is 0 Å². The molecule has 1 unspecified atom stereocenters. The van der Waals surface area contributed by atoms with Crippen molar-refractivity contribution in [2.45, 2.75) is 52.2 Å². The maximum absolute atomic E-state index is 5.97. The largest absolute Gasteiger partial charge is 0.489 e. The molecule has 2 aromatic carbocycles. The van der Waals surface area contributed by atoms with Gasteiger partial charge in [-0.3, -0.25) is 0 Å². The highest BCUT2D eigenvalue weighted by Crippen LogP contribution is 2.20. The van der Waals surface area contributed by atoms with E-state index in [1.54, 1.807) is 0 Å². The summed E-state index contributed by atoms with van der Waals surface area (Å²) in [6.07, 6.45) is 4.41. The molecule has 0 saturated carbocycles. The highest BCUT2D eigenvalue weighted by Gasteiger charge is 2.04. The molecule has 2 N–H and O–H groups in total. The minimum absolute atomic E-state index is 0.341. The van der Waals surface area contributed by atoms with Gasteiger partial charge in [-0.1, -0.05) is 43.3 Å². The zero-order valence-electron chi connectivity index (χ0n) is 13.7. The van der Waals surface area contributed by atoms with E-state index in [9.17, 15) is 0 Å². The topological polar surface area (TPSA) is 35.2 Å². The van der Waals surface area contributed by atoms with Crippen molar-refractivity contribution in [1.29, 1.82) is 0 Å². The van der Waals surface area contributed by atoms with Gasteiger partial charge in [-0.15, -0.1) is 0 Å². The minimum atomic E-state index is 0.341. The summed E-state index contributed by atoms with van der Waals surface area (Å²) in [5, 5.41) is 0. The molecule has 22 heavy (non-hydrogen) atoms. The van der Waals surface area contributed by atoms with Crippen LogP contribution in [0.25, 0.3) is 0 Å². The highest BCUT2D eigenvalue weighted by atomic mass is 16.5. The lowest BCUT2D eigenvalue weighted by Crippen LogP contribution is -2.18. The highest BCUT2D eigenvalue weighted by molar-refractivity contribution is 5.35. The third kappa shape index (κ3) is 5.19. The maximum atomic E-state index is 5.97. The van der Waals surface area contributed by atoms with Crippen LogP contribution in [0.3, 0.4) is 0 Å². The molecule has 0 aliphatic rings. The summed E-state index contributed by atoms with van der Waals surface area (Å²) in [7, 11) is 0. The summed E-state index contributed by atoms with van der Waals surface area (Å²) < 4.78 is 5.87. The lowest BCUT2D eigenvalue weighted by molar-refractivity contribution is 0.306. The van der Waals surface area contributed by atoms with Crippen LogP contribution in [0, 0.1) is 6.92 Å². The molecule has 0 aromatic heterocycles. The summed E-state index contributed by atoms with van der Waals surface area (Å²) in [4.78, 5) is 0. The molecule has 0 spiro atoms. The van der Waals surface area contributed by atoms with Gasteiger partial charge >= 0.3 is 0 Å². The van der Waals surface area contributed by atoms with Crippen molar-refractivity contribution >= 4 is 0 Å². The Morgan fingerprint density at radius 3 is 2.55 bits per heavy atom. The maximum Gasteiger partial charge on any atom is 0.120 e. The van der Waals surface area contributed by atoms with Crippen LogP contribution in [0.2, 0.25) is 0 Å². The first kappa shape index (κ1) is 16.6. The zero-order chi connectivity index (χ0) is 15.8. The molecule has 0 radical (unpaired) electrons. The average Bonchev–Trinajstić information content (AvgIpc) is 2.55. The first-order valence-corrected chi connectivity index (χ1v) is 8.21. The quantitative estimate of drug-likeness (QED) is 0.770. The van der Waals surface area contributed by atoms with Gasteiger partial charge in [0.05, 0.1) is 0 Å². The van der Waals surface area contributed by atoms with Crippen molar-refractivity contribution in [2.24, 2.45) is 5.73 Å². The van der Waals surface area contributed by atoms with Crippen LogP contribution in [0.15, 0.2) is 48.5 Å². The van der Waals surface area contributed by atoms with E-state index in [1.165, 1.54) is 16.7 Å². The average molecular weight is 297 g/mol. The van der Waals surface area contributed by atoms with Gasteiger partial charge in [-0.05, 0) is 61.4 Å². The second kappa shape index (κ2) is 8.60. The SMILES string of the molecule is CCC(N)CCCc1ccc(OCc2ccccc2)cc1C. The Labute approximate surface area is 134 Å². The minimum Gasteiger partial charge on any atom is -0.489 e. The van der Waals surface area contributed by atoms with Crippen LogP contribution in [0.4, 0.5) is 0 Å². The Bertz CT molecular complexity index is 565. The van der Waals surface area contributed by atoms with E-state index in [1.807, 2.05) is 18.2 Å². The fourth-order valence-electron chi connectivity index (χ4n) is 2.54. The fourth-order valence-corrected chi connectivity index (χ4v) is 2.54.